The van der Waals surface area contributed by atoms with E-state index in [2.05, 4.69) is 29.6 Å². The first kappa shape index (κ1) is 15.7. The zero-order valence-electron chi connectivity index (χ0n) is 13.2. The Hall–Kier alpha value is -2.22. The highest BCUT2D eigenvalue weighted by Crippen LogP contribution is 2.31. The van der Waals surface area contributed by atoms with Crippen molar-refractivity contribution in [1.29, 1.82) is 0 Å². The lowest BCUT2D eigenvalue weighted by Gasteiger charge is -2.21. The molecule has 7 nitrogen and oxygen atoms in total. The number of hydrogen-bond acceptors (Lipinski definition) is 5. The van der Waals surface area contributed by atoms with Gasteiger partial charge in [-0.2, -0.15) is 5.10 Å². The fraction of sp³-hybridized carbons (Fsp3) is 0.467. The number of hydrogen-bond donors (Lipinski definition) is 2. The average Bonchev–Trinajstić information content (AvgIpc) is 3.03. The van der Waals surface area contributed by atoms with Crippen LogP contribution >= 0.6 is 11.3 Å². The number of piperidine rings is 1. The second kappa shape index (κ2) is 5.77. The SMILES string of the molecule is CC(C)c1nn(C)c2sc(C(=O)NC3CCC(=O)NC3=O)cc12. The lowest BCUT2D eigenvalue weighted by atomic mass is 10.1. The van der Waals surface area contributed by atoms with Gasteiger partial charge in [0.25, 0.3) is 5.91 Å². The van der Waals surface area contributed by atoms with Crippen molar-refractivity contribution in [2.24, 2.45) is 7.05 Å². The minimum Gasteiger partial charge on any atom is -0.340 e. The molecule has 23 heavy (non-hydrogen) atoms. The van der Waals surface area contributed by atoms with Gasteiger partial charge in [-0.15, -0.1) is 11.3 Å². The van der Waals surface area contributed by atoms with Crippen LogP contribution in [0.1, 0.15) is 48.0 Å². The van der Waals surface area contributed by atoms with Gasteiger partial charge in [-0.25, -0.2) is 0 Å². The van der Waals surface area contributed by atoms with Gasteiger partial charge in [0.2, 0.25) is 11.8 Å². The maximum Gasteiger partial charge on any atom is 0.262 e. The summed E-state index contributed by atoms with van der Waals surface area (Å²) in [7, 11) is 1.85. The van der Waals surface area contributed by atoms with Crippen molar-refractivity contribution in [1.82, 2.24) is 20.4 Å². The average molecular weight is 334 g/mol. The third-order valence-corrected chi connectivity index (χ3v) is 5.06. The molecule has 3 amide bonds. The van der Waals surface area contributed by atoms with Crippen LogP contribution in [0.4, 0.5) is 0 Å². The van der Waals surface area contributed by atoms with Gasteiger partial charge in [-0.05, 0) is 18.4 Å². The second-order valence-electron chi connectivity index (χ2n) is 5.97. The molecule has 2 aromatic heterocycles. The van der Waals surface area contributed by atoms with Crippen molar-refractivity contribution in [2.75, 3.05) is 0 Å². The highest BCUT2D eigenvalue weighted by Gasteiger charge is 2.29. The third kappa shape index (κ3) is 2.86. The number of nitrogens with one attached hydrogen (secondary N) is 2. The Labute approximate surface area is 137 Å². The van der Waals surface area contributed by atoms with E-state index in [0.29, 0.717) is 11.3 Å². The molecule has 0 aromatic carbocycles. The predicted octanol–water partition coefficient (Wildman–Crippen LogP) is 1.29. The molecule has 0 bridgehead atoms. The Morgan fingerprint density at radius 1 is 1.48 bits per heavy atom. The molecule has 2 aromatic rings. The summed E-state index contributed by atoms with van der Waals surface area (Å²) in [5.74, 6) is -0.773. The van der Waals surface area contributed by atoms with Gasteiger partial charge in [0.1, 0.15) is 10.9 Å². The minimum absolute atomic E-state index is 0.241. The summed E-state index contributed by atoms with van der Waals surface area (Å²) in [6, 6.07) is 1.16. The van der Waals surface area contributed by atoms with Crippen molar-refractivity contribution in [3.05, 3.63) is 16.6 Å². The summed E-state index contributed by atoms with van der Waals surface area (Å²) in [5.41, 5.74) is 0.957. The van der Waals surface area contributed by atoms with Crippen molar-refractivity contribution in [3.63, 3.8) is 0 Å². The predicted molar refractivity (Wildman–Crippen MR) is 86.3 cm³/mol. The number of carbonyl (C=O) groups is 3. The third-order valence-electron chi connectivity index (χ3n) is 3.86. The standard InChI is InChI=1S/C15H18N4O3S/c1-7(2)12-8-6-10(23-15(8)19(3)18-12)14(22)16-9-4-5-11(20)17-13(9)21/h6-7,9H,4-5H2,1-3H3,(H,16,22)(H,17,20,21). The molecule has 0 saturated carbocycles. The largest absolute Gasteiger partial charge is 0.340 e. The van der Waals surface area contributed by atoms with Gasteiger partial charge < -0.3 is 5.32 Å². The van der Waals surface area contributed by atoms with Crippen LogP contribution in [-0.2, 0) is 16.6 Å². The molecule has 1 atom stereocenters. The molecule has 122 valence electrons. The first-order valence-corrected chi connectivity index (χ1v) is 8.29. The van der Waals surface area contributed by atoms with Crippen LogP contribution in [0.25, 0.3) is 10.2 Å². The number of imide groups is 1. The number of nitrogens with zero attached hydrogens (tertiary/aromatic N) is 2. The number of aryl methyl sites for hydroxylation is 1. The number of rotatable bonds is 3. The Bertz CT molecular complexity index is 805. The molecule has 1 saturated heterocycles. The number of thiophene rings is 1. The van der Waals surface area contributed by atoms with Gasteiger partial charge in [0.05, 0.1) is 10.6 Å². The summed E-state index contributed by atoms with van der Waals surface area (Å²) in [6.07, 6.45) is 0.574. The molecular weight excluding hydrogens is 316 g/mol. The van der Waals surface area contributed by atoms with Crippen molar-refractivity contribution in [2.45, 2.75) is 38.6 Å². The van der Waals surface area contributed by atoms with Gasteiger partial charge >= 0.3 is 0 Å². The fourth-order valence-corrected chi connectivity index (χ4v) is 3.65. The molecule has 1 aliphatic heterocycles. The Morgan fingerprint density at radius 2 is 2.22 bits per heavy atom. The summed E-state index contributed by atoms with van der Waals surface area (Å²) in [5, 5.41) is 10.4. The van der Waals surface area contributed by atoms with E-state index >= 15 is 0 Å². The molecule has 0 aliphatic carbocycles. The Morgan fingerprint density at radius 3 is 2.87 bits per heavy atom. The van der Waals surface area contributed by atoms with E-state index in [1.807, 2.05) is 13.1 Å². The molecule has 0 spiro atoms. The van der Waals surface area contributed by atoms with Gasteiger partial charge in [0, 0.05) is 18.9 Å². The first-order chi connectivity index (χ1) is 10.9. The van der Waals surface area contributed by atoms with Crippen molar-refractivity contribution >= 4 is 39.3 Å². The minimum atomic E-state index is -0.659. The van der Waals surface area contributed by atoms with Crippen LogP contribution in [0, 0.1) is 0 Å². The monoisotopic (exact) mass is 334 g/mol. The second-order valence-corrected chi connectivity index (χ2v) is 7.00. The normalized spacial score (nSPS) is 18.5. The maximum atomic E-state index is 12.4. The molecule has 1 unspecified atom stereocenters. The molecule has 1 aliphatic rings. The quantitative estimate of drug-likeness (QED) is 0.827. The molecule has 3 heterocycles. The topological polar surface area (TPSA) is 93.1 Å². The summed E-state index contributed by atoms with van der Waals surface area (Å²) in [6.45, 7) is 4.12. The summed E-state index contributed by atoms with van der Waals surface area (Å²) >= 11 is 1.35. The van der Waals surface area contributed by atoms with Crippen molar-refractivity contribution < 1.29 is 14.4 Å². The van der Waals surface area contributed by atoms with Crippen LogP contribution < -0.4 is 10.6 Å². The van der Waals surface area contributed by atoms with Gasteiger partial charge in [0.15, 0.2) is 0 Å². The fourth-order valence-electron chi connectivity index (χ4n) is 2.67. The smallest absolute Gasteiger partial charge is 0.262 e. The summed E-state index contributed by atoms with van der Waals surface area (Å²) in [4.78, 5) is 36.8. The van der Waals surface area contributed by atoms with Crippen molar-refractivity contribution in [3.8, 4) is 0 Å². The molecule has 8 heteroatoms. The van der Waals surface area contributed by atoms with E-state index in [0.717, 1.165) is 15.9 Å². The van der Waals surface area contributed by atoms with E-state index in [4.69, 9.17) is 0 Å². The van der Waals surface area contributed by atoms with Gasteiger partial charge in [-0.3, -0.25) is 24.4 Å². The van der Waals surface area contributed by atoms with Crippen LogP contribution in [0.2, 0.25) is 0 Å². The van der Waals surface area contributed by atoms with E-state index in [9.17, 15) is 14.4 Å². The zero-order valence-corrected chi connectivity index (χ0v) is 14.0. The van der Waals surface area contributed by atoms with E-state index in [1.54, 1.807) is 4.68 Å². The molecular formula is C15H18N4O3S. The number of fused-ring (bicyclic) bond motifs is 1. The van der Waals surface area contributed by atoms with Crippen LogP contribution in [0.15, 0.2) is 6.07 Å². The van der Waals surface area contributed by atoms with Crippen LogP contribution in [0.5, 0.6) is 0 Å². The Kier molecular flexibility index (Phi) is 3.93. The highest BCUT2D eigenvalue weighted by molar-refractivity contribution is 7.20. The molecule has 1 fully saturated rings. The van der Waals surface area contributed by atoms with Crippen LogP contribution in [0.3, 0.4) is 0 Å². The number of aromatic nitrogens is 2. The Balaban J connectivity index is 1.83. The maximum absolute atomic E-state index is 12.4. The lowest BCUT2D eigenvalue weighted by Crippen LogP contribution is -2.52. The first-order valence-electron chi connectivity index (χ1n) is 7.47. The van der Waals surface area contributed by atoms with Gasteiger partial charge in [-0.1, -0.05) is 13.8 Å². The highest BCUT2D eigenvalue weighted by atomic mass is 32.1. The van der Waals surface area contributed by atoms with E-state index in [-0.39, 0.29) is 24.2 Å². The van der Waals surface area contributed by atoms with E-state index < -0.39 is 11.9 Å². The summed E-state index contributed by atoms with van der Waals surface area (Å²) < 4.78 is 1.78. The lowest BCUT2D eigenvalue weighted by molar-refractivity contribution is -0.134. The molecule has 3 rings (SSSR count). The molecule has 0 radical (unpaired) electrons. The molecule has 2 N–H and O–H groups in total. The number of carbonyl (C=O) groups excluding carboxylic acids is 3. The van der Waals surface area contributed by atoms with E-state index in [1.165, 1.54) is 11.3 Å². The number of amides is 3. The van der Waals surface area contributed by atoms with Crippen LogP contribution in [-0.4, -0.2) is 33.5 Å². The zero-order chi connectivity index (χ0) is 16.7.